The van der Waals surface area contributed by atoms with Gasteiger partial charge in [0.1, 0.15) is 0 Å². The molecule has 24 heavy (non-hydrogen) atoms. The van der Waals surface area contributed by atoms with Crippen molar-refractivity contribution in [1.29, 1.82) is 0 Å². The number of nitrogens with two attached hydrogens (primary N) is 1. The number of carbonyl (C=O) groups is 1. The summed E-state index contributed by atoms with van der Waals surface area (Å²) in [5.41, 5.74) is 9.08. The number of amides is 1. The van der Waals surface area contributed by atoms with Gasteiger partial charge in [0.25, 0.3) is 5.91 Å². The average molecular weight is 316 g/mol. The van der Waals surface area contributed by atoms with Gasteiger partial charge in [-0.1, -0.05) is 78.9 Å². The molecule has 120 valence electrons. The minimum Gasteiger partial charge on any atom is -0.343 e. The Morgan fingerprint density at radius 1 is 0.708 bits per heavy atom. The number of hydrogen-bond acceptors (Lipinski definition) is 2. The lowest BCUT2D eigenvalue weighted by Gasteiger charge is -2.26. The Bertz CT molecular complexity index is 773. The van der Waals surface area contributed by atoms with Crippen LogP contribution in [0.2, 0.25) is 0 Å². The van der Waals surface area contributed by atoms with Crippen molar-refractivity contribution in [2.75, 3.05) is 0 Å². The van der Waals surface area contributed by atoms with Crippen molar-refractivity contribution in [2.24, 2.45) is 5.73 Å². The highest BCUT2D eigenvalue weighted by Gasteiger charge is 2.23. The van der Waals surface area contributed by atoms with E-state index in [4.69, 9.17) is 5.73 Å². The van der Waals surface area contributed by atoms with Crippen LogP contribution in [0.4, 0.5) is 0 Å². The molecule has 0 aliphatic heterocycles. The van der Waals surface area contributed by atoms with Crippen LogP contribution < -0.4 is 11.1 Å². The summed E-state index contributed by atoms with van der Waals surface area (Å²) in [5.74, 6) is -0.129. The van der Waals surface area contributed by atoms with Gasteiger partial charge >= 0.3 is 0 Å². The quantitative estimate of drug-likeness (QED) is 0.751. The van der Waals surface area contributed by atoms with Gasteiger partial charge in [0.2, 0.25) is 0 Å². The van der Waals surface area contributed by atoms with Crippen LogP contribution in [0, 0.1) is 0 Å². The van der Waals surface area contributed by atoms with Crippen LogP contribution in [0.15, 0.2) is 91.0 Å². The molecule has 0 heterocycles. The molecule has 0 saturated heterocycles. The maximum atomic E-state index is 12.6. The van der Waals surface area contributed by atoms with Gasteiger partial charge in [0, 0.05) is 5.56 Å². The summed E-state index contributed by atoms with van der Waals surface area (Å²) in [7, 11) is 0. The number of rotatable bonds is 5. The molecular weight excluding hydrogens is 296 g/mol. The van der Waals surface area contributed by atoms with Crippen LogP contribution in [0.5, 0.6) is 0 Å². The summed E-state index contributed by atoms with van der Waals surface area (Å²) in [6, 6.07) is 28.2. The fraction of sp³-hybridized carbons (Fsp3) is 0.0952. The fourth-order valence-electron chi connectivity index (χ4n) is 2.72. The molecule has 0 aliphatic carbocycles. The first-order chi connectivity index (χ1) is 11.8. The zero-order valence-electron chi connectivity index (χ0n) is 13.3. The minimum absolute atomic E-state index is 0.129. The molecule has 0 radical (unpaired) electrons. The van der Waals surface area contributed by atoms with Crippen LogP contribution in [0.25, 0.3) is 0 Å². The summed E-state index contributed by atoms with van der Waals surface area (Å²) >= 11 is 0. The van der Waals surface area contributed by atoms with Gasteiger partial charge < -0.3 is 11.1 Å². The third kappa shape index (κ3) is 3.70. The van der Waals surface area contributed by atoms with E-state index >= 15 is 0 Å². The standard InChI is InChI=1S/C21H20N2O/c22-19(16-10-4-1-5-11-16)20(17-12-6-2-7-13-17)23-21(24)18-14-8-3-9-15-18/h1-15,19-20H,22H2,(H,23,24)/t19-,20-/m1/s1. The molecule has 3 heteroatoms. The molecule has 3 nitrogen and oxygen atoms in total. The Labute approximate surface area is 142 Å². The van der Waals surface area contributed by atoms with E-state index in [9.17, 15) is 4.79 Å². The number of hydrogen-bond donors (Lipinski definition) is 2. The predicted octanol–water partition coefficient (Wildman–Crippen LogP) is 3.86. The summed E-state index contributed by atoms with van der Waals surface area (Å²) in [6.45, 7) is 0. The second-order valence-electron chi connectivity index (χ2n) is 5.66. The normalized spacial score (nSPS) is 13.0. The van der Waals surface area contributed by atoms with Crippen molar-refractivity contribution < 1.29 is 4.79 Å². The fourth-order valence-corrected chi connectivity index (χ4v) is 2.72. The van der Waals surface area contributed by atoms with Gasteiger partial charge in [-0.3, -0.25) is 4.79 Å². The molecule has 1 amide bonds. The molecule has 0 fully saturated rings. The molecule has 3 N–H and O–H groups in total. The van der Waals surface area contributed by atoms with Crippen molar-refractivity contribution in [3.63, 3.8) is 0 Å². The van der Waals surface area contributed by atoms with Crippen molar-refractivity contribution in [1.82, 2.24) is 5.32 Å². The van der Waals surface area contributed by atoms with Crippen LogP contribution >= 0.6 is 0 Å². The zero-order valence-corrected chi connectivity index (χ0v) is 13.3. The van der Waals surface area contributed by atoms with Crippen LogP contribution in [0.3, 0.4) is 0 Å². The second-order valence-corrected chi connectivity index (χ2v) is 5.66. The van der Waals surface area contributed by atoms with Crippen molar-refractivity contribution in [3.05, 3.63) is 108 Å². The van der Waals surface area contributed by atoms with Crippen LogP contribution in [-0.2, 0) is 0 Å². The highest BCUT2D eigenvalue weighted by atomic mass is 16.1. The summed E-state index contributed by atoms with van der Waals surface area (Å²) in [5, 5.41) is 3.08. The maximum Gasteiger partial charge on any atom is 0.251 e. The predicted molar refractivity (Wildman–Crippen MR) is 96.5 cm³/mol. The summed E-state index contributed by atoms with van der Waals surface area (Å²) in [4.78, 5) is 12.6. The Morgan fingerprint density at radius 2 is 1.17 bits per heavy atom. The van der Waals surface area contributed by atoms with E-state index in [-0.39, 0.29) is 18.0 Å². The van der Waals surface area contributed by atoms with E-state index in [2.05, 4.69) is 5.32 Å². The van der Waals surface area contributed by atoms with Crippen molar-refractivity contribution >= 4 is 5.91 Å². The molecule has 0 saturated carbocycles. The first kappa shape index (κ1) is 16.0. The lowest BCUT2D eigenvalue weighted by molar-refractivity contribution is 0.0930. The van der Waals surface area contributed by atoms with Crippen molar-refractivity contribution in [2.45, 2.75) is 12.1 Å². The number of carbonyl (C=O) groups excluding carboxylic acids is 1. The van der Waals surface area contributed by atoms with Gasteiger partial charge in [-0.25, -0.2) is 0 Å². The van der Waals surface area contributed by atoms with E-state index in [0.29, 0.717) is 5.56 Å². The molecule has 0 aromatic heterocycles. The maximum absolute atomic E-state index is 12.6. The van der Waals surface area contributed by atoms with Gasteiger partial charge in [-0.15, -0.1) is 0 Å². The monoisotopic (exact) mass is 316 g/mol. The molecule has 3 aromatic rings. The minimum atomic E-state index is -0.332. The topological polar surface area (TPSA) is 55.1 Å². The second kappa shape index (κ2) is 7.57. The first-order valence-corrected chi connectivity index (χ1v) is 7.97. The van der Waals surface area contributed by atoms with E-state index in [0.717, 1.165) is 11.1 Å². The molecule has 0 aliphatic rings. The molecule has 3 aromatic carbocycles. The summed E-state index contributed by atoms with van der Waals surface area (Å²) in [6.07, 6.45) is 0. The van der Waals surface area contributed by atoms with Gasteiger partial charge in [-0.2, -0.15) is 0 Å². The van der Waals surface area contributed by atoms with Gasteiger partial charge in [0.05, 0.1) is 12.1 Å². The third-order valence-electron chi connectivity index (χ3n) is 4.02. The number of nitrogens with one attached hydrogen (secondary N) is 1. The molecule has 0 spiro atoms. The zero-order chi connectivity index (χ0) is 16.8. The highest BCUT2D eigenvalue weighted by Crippen LogP contribution is 2.27. The van der Waals surface area contributed by atoms with E-state index in [1.165, 1.54) is 0 Å². The molecule has 0 bridgehead atoms. The smallest absolute Gasteiger partial charge is 0.251 e. The molecule has 0 unspecified atom stereocenters. The Kier molecular flexibility index (Phi) is 5.04. The van der Waals surface area contributed by atoms with Crippen LogP contribution in [0.1, 0.15) is 33.6 Å². The average Bonchev–Trinajstić information content (AvgIpc) is 2.67. The summed E-state index contributed by atoms with van der Waals surface area (Å²) < 4.78 is 0. The lowest BCUT2D eigenvalue weighted by Crippen LogP contribution is -2.36. The van der Waals surface area contributed by atoms with E-state index in [1.54, 1.807) is 12.1 Å². The number of benzene rings is 3. The SMILES string of the molecule is N[C@H](c1ccccc1)[C@H](NC(=O)c1ccccc1)c1ccccc1. The van der Waals surface area contributed by atoms with E-state index in [1.807, 2.05) is 78.9 Å². The van der Waals surface area contributed by atoms with Crippen molar-refractivity contribution in [3.8, 4) is 0 Å². The van der Waals surface area contributed by atoms with Gasteiger partial charge in [0.15, 0.2) is 0 Å². The van der Waals surface area contributed by atoms with Crippen LogP contribution in [-0.4, -0.2) is 5.91 Å². The third-order valence-corrected chi connectivity index (χ3v) is 4.02. The Morgan fingerprint density at radius 3 is 1.71 bits per heavy atom. The highest BCUT2D eigenvalue weighted by molar-refractivity contribution is 5.94. The lowest BCUT2D eigenvalue weighted by atomic mass is 9.93. The molecule has 2 atom stereocenters. The Hall–Kier alpha value is -2.91. The van der Waals surface area contributed by atoms with E-state index < -0.39 is 0 Å². The first-order valence-electron chi connectivity index (χ1n) is 7.97. The molecular formula is C21H20N2O. The Balaban J connectivity index is 1.90. The largest absolute Gasteiger partial charge is 0.343 e. The molecule has 3 rings (SSSR count). The van der Waals surface area contributed by atoms with Gasteiger partial charge in [-0.05, 0) is 23.3 Å².